The molecule has 0 N–H and O–H groups in total. The SMILES string of the molecule is [Mn+2].[Ni+2].[O-2].[O-2]. The zero-order valence-electron chi connectivity index (χ0n) is 1.51. The smallest absolute Gasteiger partial charge is 2.00 e. The third-order valence-electron chi connectivity index (χ3n) is 0. The minimum Gasteiger partial charge on any atom is -2.00 e. The second-order valence-corrected chi connectivity index (χ2v) is 0. The van der Waals surface area contributed by atoms with Crippen LogP contribution in [-0.2, 0) is 44.5 Å². The van der Waals surface area contributed by atoms with Crippen LogP contribution in [0.25, 0.3) is 0 Å². The van der Waals surface area contributed by atoms with Gasteiger partial charge in [-0.3, -0.25) is 0 Å². The fourth-order valence-corrected chi connectivity index (χ4v) is 0. The zero-order chi connectivity index (χ0) is 0. The van der Waals surface area contributed by atoms with Crippen LogP contribution in [-0.4, -0.2) is 0 Å². The Morgan fingerprint density at radius 3 is 0.750 bits per heavy atom. The maximum Gasteiger partial charge on any atom is 2.00 e. The van der Waals surface area contributed by atoms with Gasteiger partial charge in [0, 0.05) is 0 Å². The first kappa shape index (κ1) is 87.7. The standard InChI is InChI=1S/Mn.Ni.2O/q2*+2;2*-2. The summed E-state index contributed by atoms with van der Waals surface area (Å²) in [6.45, 7) is 0. The Kier molecular flexibility index (Phi) is 852. The van der Waals surface area contributed by atoms with E-state index in [-0.39, 0.29) is 44.5 Å². The average molecular weight is 146 g/mol. The Morgan fingerprint density at radius 2 is 0.750 bits per heavy atom. The van der Waals surface area contributed by atoms with E-state index in [1.807, 2.05) is 0 Å². The molecule has 0 heterocycles. The number of hydrogen-bond donors (Lipinski definition) is 0. The monoisotopic (exact) mass is 145 g/mol. The van der Waals surface area contributed by atoms with Crippen molar-refractivity contribution in [2.24, 2.45) is 0 Å². The Balaban J connectivity index is 0. The first-order valence-electron chi connectivity index (χ1n) is 0. The van der Waals surface area contributed by atoms with Gasteiger partial charge in [-0.2, -0.15) is 0 Å². The van der Waals surface area contributed by atoms with Gasteiger partial charge in [-0.05, 0) is 0 Å². The Labute approximate surface area is 45.0 Å². The molecule has 0 aromatic heterocycles. The number of rotatable bonds is 0. The van der Waals surface area contributed by atoms with E-state index in [0.717, 1.165) is 0 Å². The first-order valence-corrected chi connectivity index (χ1v) is 0. The summed E-state index contributed by atoms with van der Waals surface area (Å²) in [7, 11) is 0. The van der Waals surface area contributed by atoms with E-state index in [1.165, 1.54) is 0 Å². The minimum atomic E-state index is 0. The van der Waals surface area contributed by atoms with Crippen molar-refractivity contribution in [3.8, 4) is 0 Å². The fourth-order valence-electron chi connectivity index (χ4n) is 0. The van der Waals surface area contributed by atoms with Crippen molar-refractivity contribution in [2.45, 2.75) is 0 Å². The second kappa shape index (κ2) is 38.9. The van der Waals surface area contributed by atoms with Crippen molar-refractivity contribution in [3.05, 3.63) is 0 Å². The minimum absolute atomic E-state index is 0. The summed E-state index contributed by atoms with van der Waals surface area (Å²) in [4.78, 5) is 0. The molecule has 4 heavy (non-hydrogen) atoms. The fraction of sp³-hybridized carbons (Fsp3) is 0. The molecule has 2 nitrogen and oxygen atoms in total. The molecular formula is MnNiO2. The van der Waals surface area contributed by atoms with Gasteiger partial charge in [-0.1, -0.05) is 0 Å². The molecule has 29 valence electrons. The normalized spacial score (nSPS) is 0. The van der Waals surface area contributed by atoms with Crippen LogP contribution < -0.4 is 0 Å². The summed E-state index contributed by atoms with van der Waals surface area (Å²) >= 11 is 0. The molecule has 0 aliphatic carbocycles. The molecule has 0 rings (SSSR count). The van der Waals surface area contributed by atoms with Crippen molar-refractivity contribution in [3.63, 3.8) is 0 Å². The Bertz CT molecular complexity index is 6.00. The van der Waals surface area contributed by atoms with Crippen LogP contribution in [0, 0.1) is 0 Å². The maximum atomic E-state index is 0. The molecule has 0 aromatic carbocycles. The molecule has 0 amide bonds. The van der Waals surface area contributed by atoms with Crippen molar-refractivity contribution in [1.29, 1.82) is 0 Å². The molecule has 4 heteroatoms. The topological polar surface area (TPSA) is 57.0 Å². The van der Waals surface area contributed by atoms with Crippen molar-refractivity contribution >= 4 is 0 Å². The molecule has 0 spiro atoms. The van der Waals surface area contributed by atoms with Crippen molar-refractivity contribution in [1.82, 2.24) is 0 Å². The van der Waals surface area contributed by atoms with Crippen molar-refractivity contribution in [2.75, 3.05) is 0 Å². The van der Waals surface area contributed by atoms with Crippen molar-refractivity contribution < 1.29 is 44.5 Å². The molecule has 0 unspecified atom stereocenters. The van der Waals surface area contributed by atoms with Crippen LogP contribution in [0.15, 0.2) is 0 Å². The zero-order valence-corrected chi connectivity index (χ0v) is 3.68. The Morgan fingerprint density at radius 1 is 0.750 bits per heavy atom. The molecule has 0 bridgehead atoms. The van der Waals surface area contributed by atoms with Crippen LogP contribution >= 0.6 is 0 Å². The molecule has 1 radical (unpaired) electrons. The van der Waals surface area contributed by atoms with Gasteiger partial charge in [-0.15, -0.1) is 0 Å². The van der Waals surface area contributed by atoms with E-state index in [2.05, 4.69) is 0 Å². The maximum absolute atomic E-state index is 0. The molecule has 0 saturated heterocycles. The molecule has 0 atom stereocenters. The van der Waals surface area contributed by atoms with E-state index in [1.54, 1.807) is 0 Å². The van der Waals surface area contributed by atoms with E-state index >= 15 is 0 Å². The molecule has 0 saturated carbocycles. The van der Waals surface area contributed by atoms with Crippen LogP contribution in [0.3, 0.4) is 0 Å². The number of hydrogen-bond acceptors (Lipinski definition) is 0. The van der Waals surface area contributed by atoms with Gasteiger partial charge < -0.3 is 11.0 Å². The Hall–Kier alpha value is 0.933. The van der Waals surface area contributed by atoms with Crippen LogP contribution in [0.2, 0.25) is 0 Å². The van der Waals surface area contributed by atoms with Crippen LogP contribution in [0.5, 0.6) is 0 Å². The molecule has 0 fully saturated rings. The van der Waals surface area contributed by atoms with E-state index in [9.17, 15) is 0 Å². The predicted molar refractivity (Wildman–Crippen MR) is 1.37 cm³/mol. The van der Waals surface area contributed by atoms with Gasteiger partial charge in [0.25, 0.3) is 0 Å². The van der Waals surface area contributed by atoms with E-state index < -0.39 is 0 Å². The summed E-state index contributed by atoms with van der Waals surface area (Å²) < 4.78 is 0. The van der Waals surface area contributed by atoms with E-state index in [0.29, 0.717) is 0 Å². The molecule has 0 aliphatic rings. The predicted octanol–water partition coefficient (Wildman–Crippen LogP) is -0.243. The first-order chi connectivity index (χ1) is 0. The van der Waals surface area contributed by atoms with E-state index in [4.69, 9.17) is 0 Å². The summed E-state index contributed by atoms with van der Waals surface area (Å²) in [5.41, 5.74) is 0. The summed E-state index contributed by atoms with van der Waals surface area (Å²) in [5, 5.41) is 0. The van der Waals surface area contributed by atoms with Crippen LogP contribution in [0.4, 0.5) is 0 Å². The summed E-state index contributed by atoms with van der Waals surface area (Å²) in [6.07, 6.45) is 0. The van der Waals surface area contributed by atoms with Gasteiger partial charge in [0.1, 0.15) is 0 Å². The third-order valence-corrected chi connectivity index (χ3v) is 0. The largest absolute Gasteiger partial charge is 2.00 e. The van der Waals surface area contributed by atoms with Gasteiger partial charge >= 0.3 is 33.6 Å². The van der Waals surface area contributed by atoms with Gasteiger partial charge in [0.05, 0.1) is 0 Å². The summed E-state index contributed by atoms with van der Waals surface area (Å²) in [5.74, 6) is 0. The molecule has 0 aromatic rings. The van der Waals surface area contributed by atoms with Gasteiger partial charge in [0.15, 0.2) is 0 Å². The van der Waals surface area contributed by atoms with Crippen LogP contribution in [0.1, 0.15) is 0 Å². The average Bonchev–Trinajstić information content (AvgIpc) is 0. The second-order valence-electron chi connectivity index (χ2n) is 0. The third kappa shape index (κ3) is 12.6. The quantitative estimate of drug-likeness (QED) is 0.423. The van der Waals surface area contributed by atoms with Gasteiger partial charge in [-0.25, -0.2) is 0 Å². The molecule has 0 aliphatic heterocycles. The van der Waals surface area contributed by atoms with Gasteiger partial charge in [0.2, 0.25) is 0 Å². The summed E-state index contributed by atoms with van der Waals surface area (Å²) in [6, 6.07) is 0. The molecular weight excluding hydrogens is 146 g/mol.